The van der Waals surface area contributed by atoms with E-state index in [1.54, 1.807) is 35.8 Å². The van der Waals surface area contributed by atoms with Crippen LogP contribution < -0.4 is 9.04 Å². The molecule has 0 aliphatic rings. The lowest BCUT2D eigenvalue weighted by Crippen LogP contribution is -2.25. The summed E-state index contributed by atoms with van der Waals surface area (Å²) in [4.78, 5) is 27.0. The van der Waals surface area contributed by atoms with E-state index in [-0.39, 0.29) is 24.8 Å². The van der Waals surface area contributed by atoms with Crippen LogP contribution in [0.2, 0.25) is 0 Å². The summed E-state index contributed by atoms with van der Waals surface area (Å²) in [6.45, 7) is 0.0545. The third kappa shape index (κ3) is 5.41. The van der Waals surface area contributed by atoms with Gasteiger partial charge in [-0.2, -0.15) is 5.10 Å². The molecule has 0 unspecified atom stereocenters. The Labute approximate surface area is 190 Å². The first-order valence-electron chi connectivity index (χ1n) is 8.99. The number of thiazole rings is 1. The van der Waals surface area contributed by atoms with Gasteiger partial charge in [0.2, 0.25) is 5.13 Å². The van der Waals surface area contributed by atoms with Gasteiger partial charge in [-0.25, -0.2) is 19.3 Å². The Hall–Kier alpha value is -2.93. The standard InChI is InChI=1S/C19H16N6O3S3/c26-9-10-28-14-5-1-2-6-15(14)31-25(19-20-8-11-29-19)17(27)13-4-3-7-16(23-13)30-18-21-12-22-24-18/h1-8,11-12,26H,9-10H2,(H,21,22,24). The lowest BCUT2D eigenvalue weighted by molar-refractivity contribution is 0.100. The van der Waals surface area contributed by atoms with Gasteiger partial charge < -0.3 is 9.84 Å². The van der Waals surface area contributed by atoms with Crippen LogP contribution in [0.4, 0.5) is 5.13 Å². The zero-order valence-corrected chi connectivity index (χ0v) is 18.4. The fourth-order valence-electron chi connectivity index (χ4n) is 2.42. The molecular formula is C19H16N6O3S3. The normalized spacial score (nSPS) is 10.7. The Morgan fingerprint density at radius 1 is 1.19 bits per heavy atom. The summed E-state index contributed by atoms with van der Waals surface area (Å²) in [6.07, 6.45) is 3.05. The number of pyridine rings is 1. The van der Waals surface area contributed by atoms with Crippen LogP contribution in [-0.4, -0.2) is 49.4 Å². The van der Waals surface area contributed by atoms with E-state index in [9.17, 15) is 4.79 Å². The highest BCUT2D eigenvalue weighted by Crippen LogP contribution is 2.37. The predicted molar refractivity (Wildman–Crippen MR) is 119 cm³/mol. The molecule has 0 saturated heterocycles. The van der Waals surface area contributed by atoms with Crippen LogP contribution >= 0.6 is 35.0 Å². The van der Waals surface area contributed by atoms with Gasteiger partial charge in [0.15, 0.2) is 5.16 Å². The summed E-state index contributed by atoms with van der Waals surface area (Å²) in [6, 6.07) is 12.5. The van der Waals surface area contributed by atoms with Gasteiger partial charge >= 0.3 is 0 Å². The molecule has 0 saturated carbocycles. The summed E-state index contributed by atoms with van der Waals surface area (Å²) in [5, 5.41) is 19.2. The molecule has 0 bridgehead atoms. The van der Waals surface area contributed by atoms with Crippen LogP contribution in [0.3, 0.4) is 0 Å². The molecule has 0 spiro atoms. The van der Waals surface area contributed by atoms with Gasteiger partial charge in [-0.3, -0.25) is 9.89 Å². The van der Waals surface area contributed by atoms with E-state index in [0.29, 0.717) is 26.0 Å². The zero-order chi connectivity index (χ0) is 21.5. The topological polar surface area (TPSA) is 117 Å². The lowest BCUT2D eigenvalue weighted by atomic mass is 10.3. The van der Waals surface area contributed by atoms with Gasteiger partial charge in [0.05, 0.1) is 11.5 Å². The molecule has 0 radical (unpaired) electrons. The fourth-order valence-corrected chi connectivity index (χ4v) is 4.75. The van der Waals surface area contributed by atoms with Crippen molar-refractivity contribution in [2.24, 2.45) is 0 Å². The maximum absolute atomic E-state index is 13.4. The molecule has 31 heavy (non-hydrogen) atoms. The Morgan fingerprint density at radius 2 is 2.10 bits per heavy atom. The number of hydrogen-bond donors (Lipinski definition) is 2. The van der Waals surface area contributed by atoms with E-state index < -0.39 is 0 Å². The Balaban J connectivity index is 1.61. The number of aromatic nitrogens is 5. The number of benzene rings is 1. The SMILES string of the molecule is O=C(c1cccc(Sc2ncn[nH]2)n1)N(Sc1ccccc1OCCO)c1nccs1. The number of nitrogens with one attached hydrogen (secondary N) is 1. The summed E-state index contributed by atoms with van der Waals surface area (Å²) >= 11 is 3.80. The number of para-hydroxylation sites is 1. The van der Waals surface area contributed by atoms with E-state index in [1.807, 2.05) is 18.2 Å². The number of nitrogens with zero attached hydrogens (tertiary/aromatic N) is 5. The van der Waals surface area contributed by atoms with Crippen molar-refractivity contribution in [3.8, 4) is 5.75 Å². The van der Waals surface area contributed by atoms with Gasteiger partial charge in [-0.15, -0.1) is 11.3 Å². The summed E-state index contributed by atoms with van der Waals surface area (Å²) in [5.74, 6) is 0.246. The van der Waals surface area contributed by atoms with Crippen molar-refractivity contribution >= 4 is 46.1 Å². The van der Waals surface area contributed by atoms with Crippen LogP contribution in [0.1, 0.15) is 10.5 Å². The monoisotopic (exact) mass is 472 g/mol. The van der Waals surface area contributed by atoms with Crippen molar-refractivity contribution in [2.75, 3.05) is 17.5 Å². The molecule has 3 heterocycles. The lowest BCUT2D eigenvalue weighted by Gasteiger charge is -2.19. The molecule has 1 aromatic carbocycles. The molecule has 1 amide bonds. The highest BCUT2D eigenvalue weighted by molar-refractivity contribution is 8.01. The van der Waals surface area contributed by atoms with Crippen LogP contribution in [0, 0.1) is 0 Å². The van der Waals surface area contributed by atoms with Gasteiger partial charge in [0.25, 0.3) is 5.91 Å². The third-order valence-electron chi connectivity index (χ3n) is 3.70. The minimum atomic E-state index is -0.322. The molecule has 2 N–H and O–H groups in total. The first-order valence-corrected chi connectivity index (χ1v) is 11.5. The highest BCUT2D eigenvalue weighted by atomic mass is 32.2. The van der Waals surface area contributed by atoms with Crippen LogP contribution in [-0.2, 0) is 0 Å². The second-order valence-electron chi connectivity index (χ2n) is 5.78. The summed E-state index contributed by atoms with van der Waals surface area (Å²) in [7, 11) is 0. The number of carbonyl (C=O) groups is 1. The number of hydrogen-bond acceptors (Lipinski definition) is 10. The fraction of sp³-hybridized carbons (Fsp3) is 0.105. The molecule has 4 aromatic rings. The second kappa shape index (κ2) is 10.4. The van der Waals surface area contributed by atoms with E-state index in [0.717, 1.165) is 0 Å². The van der Waals surface area contributed by atoms with Crippen molar-refractivity contribution in [3.63, 3.8) is 0 Å². The van der Waals surface area contributed by atoms with Crippen LogP contribution in [0.5, 0.6) is 5.75 Å². The van der Waals surface area contributed by atoms with Crippen molar-refractivity contribution in [1.29, 1.82) is 0 Å². The molecule has 0 fully saturated rings. The molecule has 158 valence electrons. The Morgan fingerprint density at radius 3 is 2.87 bits per heavy atom. The Bertz CT molecular complexity index is 1120. The van der Waals surface area contributed by atoms with E-state index in [2.05, 4.69) is 25.1 Å². The number of aliphatic hydroxyl groups is 1. The molecule has 0 aliphatic carbocycles. The quantitative estimate of drug-likeness (QED) is 0.353. The Kier molecular flexibility index (Phi) is 7.14. The maximum atomic E-state index is 13.4. The molecule has 3 aromatic heterocycles. The van der Waals surface area contributed by atoms with E-state index in [4.69, 9.17) is 9.84 Å². The maximum Gasteiger partial charge on any atom is 0.289 e. The molecule has 12 heteroatoms. The van der Waals surface area contributed by atoms with Gasteiger partial charge in [0, 0.05) is 23.5 Å². The number of aromatic amines is 1. The smallest absolute Gasteiger partial charge is 0.289 e. The van der Waals surface area contributed by atoms with Gasteiger partial charge in [0.1, 0.15) is 29.4 Å². The molecular weight excluding hydrogens is 456 g/mol. The van der Waals surface area contributed by atoms with E-state index in [1.165, 1.54) is 45.7 Å². The largest absolute Gasteiger partial charge is 0.490 e. The van der Waals surface area contributed by atoms with Crippen molar-refractivity contribution in [1.82, 2.24) is 25.1 Å². The number of ether oxygens (including phenoxy) is 1. The second-order valence-corrected chi connectivity index (χ2v) is 8.65. The van der Waals surface area contributed by atoms with Crippen molar-refractivity contribution in [3.05, 3.63) is 66.1 Å². The highest BCUT2D eigenvalue weighted by Gasteiger charge is 2.24. The zero-order valence-electron chi connectivity index (χ0n) is 15.9. The number of carbonyl (C=O) groups excluding carboxylic acids is 1. The minimum Gasteiger partial charge on any atom is -0.490 e. The summed E-state index contributed by atoms with van der Waals surface area (Å²) < 4.78 is 7.09. The number of H-pyrrole nitrogens is 1. The van der Waals surface area contributed by atoms with Crippen molar-refractivity contribution in [2.45, 2.75) is 15.1 Å². The predicted octanol–water partition coefficient (Wildman–Crippen LogP) is 3.53. The first-order chi connectivity index (χ1) is 15.2. The number of anilines is 1. The van der Waals surface area contributed by atoms with Gasteiger partial charge in [-0.1, -0.05) is 18.2 Å². The first kappa shape index (κ1) is 21.3. The number of rotatable bonds is 9. The molecule has 4 rings (SSSR count). The van der Waals surface area contributed by atoms with Crippen LogP contribution in [0.25, 0.3) is 0 Å². The molecule has 0 atom stereocenters. The minimum absolute atomic E-state index is 0.103. The van der Waals surface area contributed by atoms with Crippen molar-refractivity contribution < 1.29 is 14.6 Å². The third-order valence-corrected chi connectivity index (χ3v) is 6.46. The average molecular weight is 473 g/mol. The number of amides is 1. The average Bonchev–Trinajstić information content (AvgIpc) is 3.51. The molecule has 9 nitrogen and oxygen atoms in total. The molecule has 0 aliphatic heterocycles. The van der Waals surface area contributed by atoms with Gasteiger partial charge in [-0.05, 0) is 36.0 Å². The van der Waals surface area contributed by atoms with E-state index >= 15 is 0 Å². The van der Waals surface area contributed by atoms with Crippen LogP contribution in [0.15, 0.2) is 75.4 Å². The summed E-state index contributed by atoms with van der Waals surface area (Å²) in [5.41, 5.74) is 0.265. The number of aliphatic hydroxyl groups excluding tert-OH is 1.